The quantitative estimate of drug-likeness (QED) is 0.859. The number of rotatable bonds is 6. The van der Waals surface area contributed by atoms with Gasteiger partial charge in [-0.2, -0.15) is 0 Å². The first kappa shape index (κ1) is 16.0. The van der Waals surface area contributed by atoms with Crippen LogP contribution < -0.4 is 0 Å². The first-order chi connectivity index (χ1) is 10.1. The van der Waals surface area contributed by atoms with Crippen molar-refractivity contribution in [3.63, 3.8) is 0 Å². The molecule has 0 radical (unpaired) electrons. The molecule has 1 aromatic carbocycles. The summed E-state index contributed by atoms with van der Waals surface area (Å²) in [4.78, 5) is 14.1. The lowest BCUT2D eigenvalue weighted by atomic mass is 9.89. The summed E-state index contributed by atoms with van der Waals surface area (Å²) in [5, 5.41) is 9.77. The summed E-state index contributed by atoms with van der Waals surface area (Å²) in [6.45, 7) is 7.19. The van der Waals surface area contributed by atoms with Crippen LogP contribution in [-0.4, -0.2) is 28.1 Å². The lowest BCUT2D eigenvalue weighted by molar-refractivity contribution is -0.151. The normalized spacial score (nSPS) is 24.1. The van der Waals surface area contributed by atoms with E-state index in [1.165, 1.54) is 11.1 Å². The molecule has 0 amide bonds. The topological polar surface area (TPSA) is 40.5 Å². The lowest BCUT2D eigenvalue weighted by Gasteiger charge is -2.39. The Balaban J connectivity index is 2.33. The zero-order valence-electron chi connectivity index (χ0n) is 13.4. The average molecular weight is 289 g/mol. The first-order valence-electron chi connectivity index (χ1n) is 8.18. The van der Waals surface area contributed by atoms with Crippen LogP contribution in [0.15, 0.2) is 24.3 Å². The Hall–Kier alpha value is -1.35. The van der Waals surface area contributed by atoms with Crippen molar-refractivity contribution in [2.45, 2.75) is 64.5 Å². The molecule has 1 saturated heterocycles. The van der Waals surface area contributed by atoms with Crippen LogP contribution in [0.1, 0.15) is 63.6 Å². The van der Waals surface area contributed by atoms with Gasteiger partial charge in [-0.1, -0.05) is 45.0 Å². The van der Waals surface area contributed by atoms with Gasteiger partial charge >= 0.3 is 5.97 Å². The second-order valence-corrected chi connectivity index (χ2v) is 6.01. The standard InChI is InChI=1S/C18H27NO2/c1-4-14-8-10-15(11-9-14)16(5-2)19-13-7-12-18(19,6-3)17(20)21/h8-11,16H,4-7,12-13H2,1-3H3,(H,20,21). The van der Waals surface area contributed by atoms with E-state index in [0.29, 0.717) is 6.42 Å². The van der Waals surface area contributed by atoms with Crippen molar-refractivity contribution in [3.8, 4) is 0 Å². The molecule has 0 aromatic heterocycles. The van der Waals surface area contributed by atoms with Crippen LogP contribution >= 0.6 is 0 Å². The van der Waals surface area contributed by atoms with Crippen molar-refractivity contribution in [1.82, 2.24) is 4.90 Å². The van der Waals surface area contributed by atoms with E-state index >= 15 is 0 Å². The molecule has 0 saturated carbocycles. The lowest BCUT2D eigenvalue weighted by Crippen LogP contribution is -2.51. The number of aryl methyl sites for hydroxylation is 1. The third-order valence-corrected chi connectivity index (χ3v) is 5.06. The van der Waals surface area contributed by atoms with Crippen LogP contribution in [0.25, 0.3) is 0 Å². The fourth-order valence-electron chi connectivity index (χ4n) is 3.73. The second kappa shape index (κ2) is 6.61. The smallest absolute Gasteiger partial charge is 0.324 e. The highest BCUT2D eigenvalue weighted by atomic mass is 16.4. The molecule has 2 unspecified atom stereocenters. The Morgan fingerprint density at radius 3 is 2.43 bits per heavy atom. The number of nitrogens with zero attached hydrogens (tertiary/aromatic N) is 1. The van der Waals surface area contributed by atoms with Gasteiger partial charge in [0.15, 0.2) is 0 Å². The summed E-state index contributed by atoms with van der Waals surface area (Å²) < 4.78 is 0. The van der Waals surface area contributed by atoms with Gasteiger partial charge in [0.05, 0.1) is 0 Å². The van der Waals surface area contributed by atoms with E-state index in [0.717, 1.165) is 32.2 Å². The predicted molar refractivity (Wildman–Crippen MR) is 85.4 cm³/mol. The third kappa shape index (κ3) is 2.84. The van der Waals surface area contributed by atoms with Crippen LogP contribution in [0.3, 0.4) is 0 Å². The fraction of sp³-hybridized carbons (Fsp3) is 0.611. The van der Waals surface area contributed by atoms with Crippen molar-refractivity contribution < 1.29 is 9.90 Å². The Bertz CT molecular complexity index is 482. The summed E-state index contributed by atoms with van der Waals surface area (Å²) in [5.41, 5.74) is 1.90. The molecule has 1 heterocycles. The number of hydrogen-bond donors (Lipinski definition) is 1. The van der Waals surface area contributed by atoms with E-state index in [1.807, 2.05) is 6.92 Å². The third-order valence-electron chi connectivity index (χ3n) is 5.06. The van der Waals surface area contributed by atoms with Gasteiger partial charge < -0.3 is 5.11 Å². The van der Waals surface area contributed by atoms with E-state index in [2.05, 4.69) is 43.0 Å². The Kier molecular flexibility index (Phi) is 5.04. The highest BCUT2D eigenvalue weighted by molar-refractivity contribution is 5.79. The van der Waals surface area contributed by atoms with Gasteiger partial charge in [0.2, 0.25) is 0 Å². The second-order valence-electron chi connectivity index (χ2n) is 6.01. The number of hydrogen-bond acceptors (Lipinski definition) is 2. The molecule has 116 valence electrons. The molecule has 1 aliphatic rings. The number of carboxylic acid groups (broad SMARTS) is 1. The van der Waals surface area contributed by atoms with E-state index in [-0.39, 0.29) is 6.04 Å². The molecule has 1 N–H and O–H groups in total. The molecule has 0 bridgehead atoms. The van der Waals surface area contributed by atoms with Gasteiger partial charge in [0.1, 0.15) is 5.54 Å². The Labute approximate surface area is 128 Å². The SMILES string of the molecule is CCc1ccc(C(CC)N2CCCC2(CC)C(=O)O)cc1. The van der Waals surface area contributed by atoms with E-state index in [4.69, 9.17) is 0 Å². The van der Waals surface area contributed by atoms with Crippen molar-refractivity contribution in [1.29, 1.82) is 0 Å². The molecule has 1 aromatic rings. The largest absolute Gasteiger partial charge is 0.480 e. The number of carbonyl (C=O) groups is 1. The molecule has 2 rings (SSSR count). The maximum absolute atomic E-state index is 11.9. The van der Waals surface area contributed by atoms with Crippen molar-refractivity contribution in [2.75, 3.05) is 6.54 Å². The van der Waals surface area contributed by atoms with Gasteiger partial charge in [-0.25, -0.2) is 0 Å². The van der Waals surface area contributed by atoms with E-state index < -0.39 is 11.5 Å². The van der Waals surface area contributed by atoms with Gasteiger partial charge in [-0.15, -0.1) is 0 Å². The minimum atomic E-state index is -0.676. The molecule has 3 heteroatoms. The van der Waals surface area contributed by atoms with Crippen molar-refractivity contribution >= 4 is 5.97 Å². The monoisotopic (exact) mass is 289 g/mol. The van der Waals surface area contributed by atoms with Crippen LogP contribution in [-0.2, 0) is 11.2 Å². The summed E-state index contributed by atoms with van der Waals surface area (Å²) in [7, 11) is 0. The summed E-state index contributed by atoms with van der Waals surface area (Å²) in [6.07, 6.45) is 4.40. The van der Waals surface area contributed by atoms with Gasteiger partial charge in [-0.3, -0.25) is 9.69 Å². The van der Waals surface area contributed by atoms with Crippen molar-refractivity contribution in [3.05, 3.63) is 35.4 Å². The minimum absolute atomic E-state index is 0.203. The Morgan fingerprint density at radius 2 is 1.95 bits per heavy atom. The summed E-state index contributed by atoms with van der Waals surface area (Å²) >= 11 is 0. The van der Waals surface area contributed by atoms with Crippen LogP contribution in [0.2, 0.25) is 0 Å². The first-order valence-corrected chi connectivity index (χ1v) is 8.18. The zero-order chi connectivity index (χ0) is 15.5. The molecule has 0 aliphatic carbocycles. The van der Waals surface area contributed by atoms with Crippen LogP contribution in [0, 0.1) is 0 Å². The summed E-state index contributed by atoms with van der Waals surface area (Å²) in [5.74, 6) is -0.661. The van der Waals surface area contributed by atoms with Crippen LogP contribution in [0.4, 0.5) is 0 Å². The maximum atomic E-state index is 11.9. The minimum Gasteiger partial charge on any atom is -0.480 e. The van der Waals surface area contributed by atoms with Gasteiger partial charge in [0, 0.05) is 6.04 Å². The molecule has 1 fully saturated rings. The molecule has 21 heavy (non-hydrogen) atoms. The van der Waals surface area contributed by atoms with Gasteiger partial charge in [-0.05, 0) is 49.8 Å². The number of likely N-dealkylation sites (tertiary alicyclic amines) is 1. The summed E-state index contributed by atoms with van der Waals surface area (Å²) in [6, 6.07) is 8.89. The molecule has 1 aliphatic heterocycles. The van der Waals surface area contributed by atoms with Crippen LogP contribution in [0.5, 0.6) is 0 Å². The highest BCUT2D eigenvalue weighted by Crippen LogP contribution is 2.40. The number of carboxylic acids is 1. The fourth-order valence-corrected chi connectivity index (χ4v) is 3.73. The van der Waals surface area contributed by atoms with E-state index in [9.17, 15) is 9.90 Å². The number of benzene rings is 1. The molecular weight excluding hydrogens is 262 g/mol. The van der Waals surface area contributed by atoms with E-state index in [1.54, 1.807) is 0 Å². The predicted octanol–water partition coefficient (Wildman–Crippen LogP) is 4.03. The molecular formula is C18H27NO2. The van der Waals surface area contributed by atoms with Crippen molar-refractivity contribution in [2.24, 2.45) is 0 Å². The molecule has 0 spiro atoms. The molecule has 2 atom stereocenters. The molecule has 3 nitrogen and oxygen atoms in total. The highest BCUT2D eigenvalue weighted by Gasteiger charge is 2.48. The number of aliphatic carboxylic acids is 1. The zero-order valence-corrected chi connectivity index (χ0v) is 13.4. The maximum Gasteiger partial charge on any atom is 0.324 e. The average Bonchev–Trinajstić information content (AvgIpc) is 2.94. The Morgan fingerprint density at radius 1 is 1.29 bits per heavy atom. The van der Waals surface area contributed by atoms with Gasteiger partial charge in [0.25, 0.3) is 0 Å².